The van der Waals surface area contributed by atoms with Gasteiger partial charge in [0.1, 0.15) is 0 Å². The zero-order valence-electron chi connectivity index (χ0n) is 13.9. The second kappa shape index (κ2) is 5.76. The molecule has 1 nitrogen and oxygen atoms in total. The van der Waals surface area contributed by atoms with Crippen LogP contribution in [-0.4, -0.2) is 13.1 Å². The molecule has 1 unspecified atom stereocenters. The average Bonchev–Trinajstić information content (AvgIpc) is 2.39. The van der Waals surface area contributed by atoms with Gasteiger partial charge in [-0.15, -0.1) is 0 Å². The van der Waals surface area contributed by atoms with Gasteiger partial charge in [-0.2, -0.15) is 0 Å². The van der Waals surface area contributed by atoms with Gasteiger partial charge in [0.05, 0.1) is 0 Å². The van der Waals surface area contributed by atoms with Crippen LogP contribution in [0.1, 0.15) is 73.1 Å². The van der Waals surface area contributed by atoms with Crippen molar-refractivity contribution in [1.82, 2.24) is 5.32 Å². The third-order valence-corrected chi connectivity index (χ3v) is 6.75. The molecule has 0 bridgehead atoms. The van der Waals surface area contributed by atoms with Crippen LogP contribution in [0.25, 0.3) is 0 Å². The minimum atomic E-state index is 0.557. The second-order valence-electron chi connectivity index (χ2n) is 8.28. The number of rotatable bonds is 3. The van der Waals surface area contributed by atoms with Crippen LogP contribution < -0.4 is 5.32 Å². The van der Waals surface area contributed by atoms with Crippen molar-refractivity contribution in [3.63, 3.8) is 0 Å². The molecule has 1 saturated carbocycles. The highest BCUT2D eigenvalue weighted by Gasteiger charge is 2.45. The fraction of sp³-hybridized carbons (Fsp3) is 1.00. The standard InChI is InChI=1S/C18H35N/c1-6-17(4,5)15-7-9-18(10-8-15)11-12-19-13-16(18)14(2)3/h14-16,19H,6-13H2,1-5H3. The fourth-order valence-corrected chi connectivity index (χ4v) is 4.82. The molecular formula is C18H35N. The Kier molecular flexibility index (Phi) is 4.65. The van der Waals surface area contributed by atoms with Crippen molar-refractivity contribution in [3.05, 3.63) is 0 Å². The van der Waals surface area contributed by atoms with E-state index in [1.165, 1.54) is 51.6 Å². The van der Waals surface area contributed by atoms with Crippen molar-refractivity contribution in [2.24, 2.45) is 28.6 Å². The average molecular weight is 265 g/mol. The van der Waals surface area contributed by atoms with Crippen LogP contribution in [0.15, 0.2) is 0 Å². The lowest BCUT2D eigenvalue weighted by atomic mass is 9.55. The predicted molar refractivity (Wildman–Crippen MR) is 84.3 cm³/mol. The zero-order chi connectivity index (χ0) is 14.1. The minimum Gasteiger partial charge on any atom is -0.316 e. The molecule has 1 heteroatoms. The molecule has 1 heterocycles. The Hall–Kier alpha value is -0.0400. The molecule has 1 atom stereocenters. The summed E-state index contributed by atoms with van der Waals surface area (Å²) >= 11 is 0. The lowest BCUT2D eigenvalue weighted by Gasteiger charge is -2.52. The SMILES string of the molecule is CCC(C)(C)C1CCC2(CCNCC2C(C)C)CC1. The number of nitrogens with one attached hydrogen (secondary N) is 1. The van der Waals surface area contributed by atoms with E-state index in [0.29, 0.717) is 10.8 Å². The zero-order valence-corrected chi connectivity index (χ0v) is 13.9. The summed E-state index contributed by atoms with van der Waals surface area (Å²) in [6, 6.07) is 0. The van der Waals surface area contributed by atoms with Gasteiger partial charge in [0.2, 0.25) is 0 Å². The van der Waals surface area contributed by atoms with Crippen molar-refractivity contribution in [2.45, 2.75) is 73.1 Å². The first-order chi connectivity index (χ1) is 8.91. The summed E-state index contributed by atoms with van der Waals surface area (Å²) in [6.07, 6.45) is 8.69. The fourth-order valence-electron chi connectivity index (χ4n) is 4.82. The third-order valence-electron chi connectivity index (χ3n) is 6.75. The highest BCUT2D eigenvalue weighted by molar-refractivity contribution is 4.97. The van der Waals surface area contributed by atoms with Gasteiger partial charge in [0.25, 0.3) is 0 Å². The van der Waals surface area contributed by atoms with E-state index in [2.05, 4.69) is 39.9 Å². The van der Waals surface area contributed by atoms with Crippen molar-refractivity contribution in [3.8, 4) is 0 Å². The minimum absolute atomic E-state index is 0.557. The molecule has 2 rings (SSSR count). The van der Waals surface area contributed by atoms with E-state index in [-0.39, 0.29) is 0 Å². The molecule has 2 fully saturated rings. The normalized spacial score (nSPS) is 36.9. The Balaban J connectivity index is 2.04. The Morgan fingerprint density at radius 2 is 1.79 bits per heavy atom. The lowest BCUT2D eigenvalue weighted by molar-refractivity contribution is -0.00747. The first kappa shape index (κ1) is 15.4. The molecule has 0 aromatic heterocycles. The van der Waals surface area contributed by atoms with Crippen molar-refractivity contribution >= 4 is 0 Å². The summed E-state index contributed by atoms with van der Waals surface area (Å²) in [5, 5.41) is 3.64. The highest BCUT2D eigenvalue weighted by Crippen LogP contribution is 2.53. The summed E-state index contributed by atoms with van der Waals surface area (Å²) in [6.45, 7) is 14.7. The van der Waals surface area contributed by atoms with Gasteiger partial charge in [0, 0.05) is 0 Å². The molecule has 1 N–H and O–H groups in total. The first-order valence-corrected chi connectivity index (χ1v) is 8.62. The maximum Gasteiger partial charge on any atom is -0.00127 e. The number of piperidine rings is 1. The molecule has 0 aromatic rings. The summed E-state index contributed by atoms with van der Waals surface area (Å²) < 4.78 is 0. The number of hydrogen-bond acceptors (Lipinski definition) is 1. The van der Waals surface area contributed by atoms with E-state index in [0.717, 1.165) is 17.8 Å². The van der Waals surface area contributed by atoms with E-state index >= 15 is 0 Å². The van der Waals surface area contributed by atoms with Crippen LogP contribution in [0.5, 0.6) is 0 Å². The molecular weight excluding hydrogens is 230 g/mol. The largest absolute Gasteiger partial charge is 0.316 e. The van der Waals surface area contributed by atoms with E-state index in [1.807, 2.05) is 0 Å². The molecule has 112 valence electrons. The predicted octanol–water partition coefficient (Wildman–Crippen LogP) is 4.86. The molecule has 0 amide bonds. The highest BCUT2D eigenvalue weighted by atomic mass is 14.9. The van der Waals surface area contributed by atoms with Gasteiger partial charge in [-0.05, 0) is 73.8 Å². The van der Waals surface area contributed by atoms with Crippen LogP contribution in [0.3, 0.4) is 0 Å². The van der Waals surface area contributed by atoms with E-state index < -0.39 is 0 Å². The van der Waals surface area contributed by atoms with Crippen molar-refractivity contribution in [2.75, 3.05) is 13.1 Å². The topological polar surface area (TPSA) is 12.0 Å². The lowest BCUT2D eigenvalue weighted by Crippen LogP contribution is -2.49. The Labute approximate surface area is 120 Å². The molecule has 2 aliphatic rings. The molecule has 0 radical (unpaired) electrons. The van der Waals surface area contributed by atoms with Crippen LogP contribution in [-0.2, 0) is 0 Å². The molecule has 19 heavy (non-hydrogen) atoms. The monoisotopic (exact) mass is 265 g/mol. The van der Waals surface area contributed by atoms with Gasteiger partial charge < -0.3 is 5.32 Å². The van der Waals surface area contributed by atoms with Gasteiger partial charge in [-0.3, -0.25) is 0 Å². The molecule has 1 spiro atoms. The first-order valence-electron chi connectivity index (χ1n) is 8.62. The molecule has 1 aliphatic heterocycles. The summed E-state index contributed by atoms with van der Waals surface area (Å²) in [4.78, 5) is 0. The van der Waals surface area contributed by atoms with Gasteiger partial charge in [-0.25, -0.2) is 0 Å². The maximum atomic E-state index is 3.64. The smallest absolute Gasteiger partial charge is 0.00127 e. The van der Waals surface area contributed by atoms with Crippen LogP contribution in [0.4, 0.5) is 0 Å². The molecule has 0 aromatic carbocycles. The van der Waals surface area contributed by atoms with Gasteiger partial charge >= 0.3 is 0 Å². The Bertz CT molecular complexity index is 284. The van der Waals surface area contributed by atoms with Crippen LogP contribution >= 0.6 is 0 Å². The summed E-state index contributed by atoms with van der Waals surface area (Å²) in [5.74, 6) is 2.71. The van der Waals surface area contributed by atoms with E-state index in [9.17, 15) is 0 Å². The third kappa shape index (κ3) is 3.01. The van der Waals surface area contributed by atoms with Crippen LogP contribution in [0.2, 0.25) is 0 Å². The quantitative estimate of drug-likeness (QED) is 0.768. The van der Waals surface area contributed by atoms with E-state index in [1.54, 1.807) is 0 Å². The van der Waals surface area contributed by atoms with E-state index in [4.69, 9.17) is 0 Å². The van der Waals surface area contributed by atoms with Crippen molar-refractivity contribution < 1.29 is 0 Å². The summed E-state index contributed by atoms with van der Waals surface area (Å²) in [5.41, 5.74) is 1.24. The molecule has 1 saturated heterocycles. The Morgan fingerprint density at radius 1 is 1.16 bits per heavy atom. The van der Waals surface area contributed by atoms with Crippen molar-refractivity contribution in [1.29, 1.82) is 0 Å². The summed E-state index contributed by atoms with van der Waals surface area (Å²) in [7, 11) is 0. The van der Waals surface area contributed by atoms with Gasteiger partial charge in [-0.1, -0.05) is 41.0 Å². The maximum absolute atomic E-state index is 3.64. The second-order valence-corrected chi connectivity index (χ2v) is 8.28. The number of hydrogen-bond donors (Lipinski definition) is 1. The van der Waals surface area contributed by atoms with Gasteiger partial charge in [0.15, 0.2) is 0 Å². The van der Waals surface area contributed by atoms with Crippen LogP contribution in [0, 0.1) is 28.6 Å². The Morgan fingerprint density at radius 3 is 2.32 bits per heavy atom. The molecule has 1 aliphatic carbocycles.